The molecule has 0 bridgehead atoms. The van der Waals surface area contributed by atoms with Crippen LogP contribution in [0.3, 0.4) is 0 Å². The van der Waals surface area contributed by atoms with E-state index in [1.807, 2.05) is 19.2 Å². The molecule has 0 aliphatic carbocycles. The standard InChI is InChI=1S/C16H27FN2/c1-12(2)10-19(13(3)4)11-16(18-5)14-8-6-7-9-15(14)17/h6-9,12-13,16,18H,10-11H2,1-5H3. The van der Waals surface area contributed by atoms with Gasteiger partial charge in [-0.1, -0.05) is 32.0 Å². The third-order valence-electron chi connectivity index (χ3n) is 3.38. The zero-order valence-electron chi connectivity index (χ0n) is 12.8. The number of benzene rings is 1. The number of nitrogens with one attached hydrogen (secondary N) is 1. The molecule has 2 nitrogen and oxygen atoms in total. The Balaban J connectivity index is 2.82. The third kappa shape index (κ3) is 4.92. The van der Waals surface area contributed by atoms with Crippen molar-refractivity contribution in [2.24, 2.45) is 5.92 Å². The van der Waals surface area contributed by atoms with Gasteiger partial charge in [-0.3, -0.25) is 4.90 Å². The number of hydrogen-bond donors (Lipinski definition) is 1. The zero-order valence-corrected chi connectivity index (χ0v) is 12.8. The predicted octanol–water partition coefficient (Wildman–Crippen LogP) is 3.45. The molecule has 0 saturated carbocycles. The summed E-state index contributed by atoms with van der Waals surface area (Å²) in [5.41, 5.74) is 0.749. The zero-order chi connectivity index (χ0) is 14.4. The lowest BCUT2D eigenvalue weighted by Crippen LogP contribution is -2.40. The van der Waals surface area contributed by atoms with Gasteiger partial charge in [-0.25, -0.2) is 4.39 Å². The molecule has 108 valence electrons. The Morgan fingerprint density at radius 3 is 2.21 bits per heavy atom. The molecule has 0 saturated heterocycles. The number of nitrogens with zero attached hydrogens (tertiary/aromatic N) is 1. The smallest absolute Gasteiger partial charge is 0.128 e. The van der Waals surface area contributed by atoms with Crippen LogP contribution in [0.4, 0.5) is 4.39 Å². The summed E-state index contributed by atoms with van der Waals surface area (Å²) in [6.45, 7) is 10.7. The van der Waals surface area contributed by atoms with Crippen LogP contribution >= 0.6 is 0 Å². The first-order chi connectivity index (χ1) is 8.95. The van der Waals surface area contributed by atoms with Crippen LogP contribution in [0, 0.1) is 11.7 Å². The van der Waals surface area contributed by atoms with E-state index in [9.17, 15) is 4.39 Å². The average Bonchev–Trinajstić information content (AvgIpc) is 2.35. The highest BCUT2D eigenvalue weighted by atomic mass is 19.1. The highest BCUT2D eigenvalue weighted by Gasteiger charge is 2.19. The first-order valence-electron chi connectivity index (χ1n) is 7.11. The second-order valence-electron chi connectivity index (χ2n) is 5.80. The number of likely N-dealkylation sites (N-methyl/N-ethyl adjacent to an activating group) is 1. The van der Waals surface area contributed by atoms with Crippen molar-refractivity contribution >= 4 is 0 Å². The molecule has 1 unspecified atom stereocenters. The molecule has 1 N–H and O–H groups in total. The topological polar surface area (TPSA) is 15.3 Å². The largest absolute Gasteiger partial charge is 0.312 e. The fourth-order valence-electron chi connectivity index (χ4n) is 2.30. The van der Waals surface area contributed by atoms with E-state index in [4.69, 9.17) is 0 Å². The number of hydrogen-bond acceptors (Lipinski definition) is 2. The summed E-state index contributed by atoms with van der Waals surface area (Å²) >= 11 is 0. The van der Waals surface area contributed by atoms with Crippen molar-refractivity contribution in [3.8, 4) is 0 Å². The fourth-order valence-corrected chi connectivity index (χ4v) is 2.30. The Bertz CT molecular complexity index is 377. The molecule has 1 atom stereocenters. The third-order valence-corrected chi connectivity index (χ3v) is 3.38. The lowest BCUT2D eigenvalue weighted by Gasteiger charge is -2.32. The molecule has 0 radical (unpaired) electrons. The minimum Gasteiger partial charge on any atom is -0.312 e. The fraction of sp³-hybridized carbons (Fsp3) is 0.625. The lowest BCUT2D eigenvalue weighted by atomic mass is 10.0. The van der Waals surface area contributed by atoms with Crippen LogP contribution in [-0.4, -0.2) is 31.1 Å². The number of halogens is 1. The maximum Gasteiger partial charge on any atom is 0.128 e. The minimum atomic E-state index is -0.130. The van der Waals surface area contributed by atoms with Crippen LogP contribution in [0.1, 0.15) is 39.3 Å². The van der Waals surface area contributed by atoms with Crippen molar-refractivity contribution in [1.82, 2.24) is 10.2 Å². The van der Waals surface area contributed by atoms with E-state index in [-0.39, 0.29) is 11.9 Å². The van der Waals surface area contributed by atoms with Gasteiger partial charge >= 0.3 is 0 Å². The summed E-state index contributed by atoms with van der Waals surface area (Å²) in [6, 6.07) is 7.52. The van der Waals surface area contributed by atoms with Gasteiger partial charge in [0.25, 0.3) is 0 Å². The Hall–Kier alpha value is -0.930. The van der Waals surface area contributed by atoms with E-state index < -0.39 is 0 Å². The van der Waals surface area contributed by atoms with E-state index >= 15 is 0 Å². The van der Waals surface area contributed by atoms with Crippen LogP contribution in [-0.2, 0) is 0 Å². The minimum absolute atomic E-state index is 0.0300. The van der Waals surface area contributed by atoms with Crippen LogP contribution in [0.5, 0.6) is 0 Å². The molecule has 0 aliphatic heterocycles. The van der Waals surface area contributed by atoms with Gasteiger partial charge < -0.3 is 5.32 Å². The Kier molecular flexibility index (Phi) is 6.46. The molecule has 0 aromatic heterocycles. The Morgan fingerprint density at radius 2 is 1.74 bits per heavy atom. The van der Waals surface area contributed by atoms with Crippen molar-refractivity contribution < 1.29 is 4.39 Å². The van der Waals surface area contributed by atoms with Crippen LogP contribution in [0.25, 0.3) is 0 Å². The molecule has 1 aromatic rings. The lowest BCUT2D eigenvalue weighted by molar-refractivity contribution is 0.178. The van der Waals surface area contributed by atoms with Crippen LogP contribution < -0.4 is 5.32 Å². The summed E-state index contributed by atoms with van der Waals surface area (Å²) < 4.78 is 13.9. The van der Waals surface area contributed by atoms with E-state index in [2.05, 4.69) is 37.9 Å². The maximum absolute atomic E-state index is 13.9. The summed E-state index contributed by atoms with van der Waals surface area (Å²) in [6.07, 6.45) is 0. The SMILES string of the molecule is CNC(CN(CC(C)C)C(C)C)c1ccccc1F. The van der Waals surface area contributed by atoms with E-state index in [1.54, 1.807) is 6.07 Å². The van der Waals surface area contributed by atoms with Gasteiger partial charge in [-0.15, -0.1) is 0 Å². The molecule has 0 aliphatic rings. The molecule has 3 heteroatoms. The Labute approximate surface area is 117 Å². The first-order valence-corrected chi connectivity index (χ1v) is 7.11. The second kappa shape index (κ2) is 7.61. The van der Waals surface area contributed by atoms with Crippen molar-refractivity contribution in [3.05, 3.63) is 35.6 Å². The van der Waals surface area contributed by atoms with E-state index in [0.29, 0.717) is 12.0 Å². The molecular weight excluding hydrogens is 239 g/mol. The quantitative estimate of drug-likeness (QED) is 0.813. The number of rotatable bonds is 7. The van der Waals surface area contributed by atoms with Crippen molar-refractivity contribution in [3.63, 3.8) is 0 Å². The van der Waals surface area contributed by atoms with Gasteiger partial charge in [0.2, 0.25) is 0 Å². The highest BCUT2D eigenvalue weighted by molar-refractivity contribution is 5.21. The molecule has 1 aromatic carbocycles. The van der Waals surface area contributed by atoms with Crippen molar-refractivity contribution in [2.45, 2.75) is 39.8 Å². The average molecular weight is 266 g/mol. The summed E-state index contributed by atoms with van der Waals surface area (Å²) in [5, 5.41) is 3.24. The van der Waals surface area contributed by atoms with Gasteiger partial charge in [0, 0.05) is 30.7 Å². The van der Waals surface area contributed by atoms with Gasteiger partial charge in [0.05, 0.1) is 0 Å². The first kappa shape index (κ1) is 16.1. The van der Waals surface area contributed by atoms with Crippen molar-refractivity contribution in [2.75, 3.05) is 20.1 Å². The van der Waals surface area contributed by atoms with Crippen molar-refractivity contribution in [1.29, 1.82) is 0 Å². The summed E-state index contributed by atoms with van der Waals surface area (Å²) in [5.74, 6) is 0.482. The maximum atomic E-state index is 13.9. The molecule has 0 fully saturated rings. The van der Waals surface area contributed by atoms with Gasteiger partial charge in [0.15, 0.2) is 0 Å². The van der Waals surface area contributed by atoms with Crippen LogP contribution in [0.2, 0.25) is 0 Å². The summed E-state index contributed by atoms with van der Waals surface area (Å²) in [7, 11) is 1.89. The normalized spacial score (nSPS) is 13.5. The molecule has 1 rings (SSSR count). The molecule has 0 spiro atoms. The van der Waals surface area contributed by atoms with Gasteiger partial charge in [0.1, 0.15) is 5.82 Å². The van der Waals surface area contributed by atoms with E-state index in [0.717, 1.165) is 18.7 Å². The molecule has 0 amide bonds. The highest BCUT2D eigenvalue weighted by Crippen LogP contribution is 2.19. The van der Waals surface area contributed by atoms with Gasteiger partial charge in [-0.05, 0) is 32.9 Å². The van der Waals surface area contributed by atoms with E-state index in [1.165, 1.54) is 6.07 Å². The molecule has 0 heterocycles. The van der Waals surface area contributed by atoms with Gasteiger partial charge in [-0.2, -0.15) is 0 Å². The van der Waals surface area contributed by atoms with Crippen LogP contribution in [0.15, 0.2) is 24.3 Å². The predicted molar refractivity (Wildman–Crippen MR) is 79.7 cm³/mol. The molecule has 19 heavy (non-hydrogen) atoms. The second-order valence-corrected chi connectivity index (χ2v) is 5.80. The molecular formula is C16H27FN2. The monoisotopic (exact) mass is 266 g/mol. The summed E-state index contributed by atoms with van der Waals surface area (Å²) in [4.78, 5) is 2.40. The Morgan fingerprint density at radius 1 is 1.11 bits per heavy atom.